The van der Waals surface area contributed by atoms with E-state index in [1.807, 2.05) is 48.5 Å². The molecule has 0 radical (unpaired) electrons. The van der Waals surface area contributed by atoms with Crippen LogP contribution in [0.5, 0.6) is 0 Å². The highest BCUT2D eigenvalue weighted by Crippen LogP contribution is 2.22. The Labute approximate surface area is 169 Å². The Kier molecular flexibility index (Phi) is 6.51. The molecule has 0 aromatic heterocycles. The van der Waals surface area contributed by atoms with Crippen LogP contribution in [0.15, 0.2) is 78.9 Å². The average Bonchev–Trinajstić information content (AvgIpc) is 2.67. The lowest BCUT2D eigenvalue weighted by Gasteiger charge is -2.22. The Hall–Kier alpha value is -2.07. The van der Waals surface area contributed by atoms with E-state index in [0.29, 0.717) is 21.7 Å². The fourth-order valence-electron chi connectivity index (χ4n) is 2.67. The molecule has 0 fully saturated rings. The summed E-state index contributed by atoms with van der Waals surface area (Å²) in [6.07, 6.45) is 0. The first kappa shape index (κ1) is 18.7. The second kappa shape index (κ2) is 9.04. The van der Waals surface area contributed by atoms with Crippen molar-refractivity contribution in [3.8, 4) is 0 Å². The van der Waals surface area contributed by atoms with Crippen LogP contribution in [-0.4, -0.2) is 5.11 Å². The predicted molar refractivity (Wildman–Crippen MR) is 114 cm³/mol. The van der Waals surface area contributed by atoms with Crippen LogP contribution in [-0.2, 0) is 6.54 Å². The monoisotopic (exact) mass is 400 g/mol. The molecule has 3 rings (SSSR count). The van der Waals surface area contributed by atoms with Gasteiger partial charge in [0.05, 0.1) is 6.04 Å². The van der Waals surface area contributed by atoms with E-state index in [-0.39, 0.29) is 6.04 Å². The lowest BCUT2D eigenvalue weighted by Crippen LogP contribution is -2.37. The van der Waals surface area contributed by atoms with Crippen LogP contribution >= 0.6 is 35.4 Å². The van der Waals surface area contributed by atoms with Gasteiger partial charge in [0.15, 0.2) is 5.11 Å². The van der Waals surface area contributed by atoms with Crippen LogP contribution in [0.25, 0.3) is 0 Å². The van der Waals surface area contributed by atoms with E-state index in [9.17, 15) is 0 Å². The predicted octanol–water partition coefficient (Wildman–Crippen LogP) is 5.75. The topological polar surface area (TPSA) is 24.1 Å². The van der Waals surface area contributed by atoms with Crippen LogP contribution in [0, 0.1) is 0 Å². The van der Waals surface area contributed by atoms with Gasteiger partial charge in [-0.1, -0.05) is 89.9 Å². The molecule has 0 saturated heterocycles. The molecule has 5 heteroatoms. The zero-order valence-electron chi connectivity index (χ0n) is 14.0. The van der Waals surface area contributed by atoms with Gasteiger partial charge in [0.1, 0.15) is 0 Å². The largest absolute Gasteiger partial charge is 0.359 e. The molecule has 0 unspecified atom stereocenters. The van der Waals surface area contributed by atoms with Crippen molar-refractivity contribution in [3.05, 3.63) is 106 Å². The van der Waals surface area contributed by atoms with Crippen LogP contribution < -0.4 is 10.6 Å². The third-order valence-corrected chi connectivity index (χ3v) is 4.84. The quantitative estimate of drug-likeness (QED) is 0.533. The molecular formula is C21H18Cl2N2S. The molecule has 0 saturated carbocycles. The molecule has 0 bridgehead atoms. The number of hydrogen-bond donors (Lipinski definition) is 2. The minimum absolute atomic E-state index is 0.0295. The van der Waals surface area contributed by atoms with Gasteiger partial charge in [-0.15, -0.1) is 0 Å². The van der Waals surface area contributed by atoms with Crippen LogP contribution in [0.3, 0.4) is 0 Å². The highest BCUT2D eigenvalue weighted by Gasteiger charge is 2.14. The number of nitrogens with one attached hydrogen (secondary N) is 2. The third kappa shape index (κ3) is 4.98. The van der Waals surface area contributed by atoms with Crippen LogP contribution in [0.1, 0.15) is 22.7 Å². The number of halogens is 2. The number of hydrogen-bond acceptors (Lipinski definition) is 1. The first-order valence-corrected chi connectivity index (χ1v) is 9.38. The van der Waals surface area contributed by atoms with Crippen molar-refractivity contribution in [3.63, 3.8) is 0 Å². The van der Waals surface area contributed by atoms with Crippen molar-refractivity contribution < 1.29 is 0 Å². The molecule has 0 aliphatic heterocycles. The summed E-state index contributed by atoms with van der Waals surface area (Å²) < 4.78 is 0. The first-order chi connectivity index (χ1) is 12.6. The van der Waals surface area contributed by atoms with Gasteiger partial charge in [0.25, 0.3) is 0 Å². The smallest absolute Gasteiger partial charge is 0.167 e. The number of thiocarbonyl (C=S) groups is 1. The number of benzene rings is 3. The van der Waals surface area contributed by atoms with E-state index >= 15 is 0 Å². The molecule has 0 aliphatic carbocycles. The Morgan fingerprint density at radius 1 is 0.846 bits per heavy atom. The second-order valence-corrected chi connectivity index (χ2v) is 7.07. The lowest BCUT2D eigenvalue weighted by atomic mass is 9.99. The maximum absolute atomic E-state index is 6.22. The molecule has 0 spiro atoms. The van der Waals surface area contributed by atoms with Gasteiger partial charge in [0.2, 0.25) is 0 Å². The van der Waals surface area contributed by atoms with Crippen molar-refractivity contribution in [2.45, 2.75) is 12.6 Å². The second-order valence-electron chi connectivity index (χ2n) is 5.82. The maximum Gasteiger partial charge on any atom is 0.167 e. The van der Waals surface area contributed by atoms with Crippen molar-refractivity contribution in [2.24, 2.45) is 0 Å². The third-order valence-electron chi connectivity index (χ3n) is 4.00. The van der Waals surface area contributed by atoms with Crippen molar-refractivity contribution >= 4 is 40.5 Å². The molecule has 26 heavy (non-hydrogen) atoms. The highest BCUT2D eigenvalue weighted by molar-refractivity contribution is 7.80. The fourth-order valence-corrected chi connectivity index (χ4v) is 3.34. The zero-order valence-corrected chi connectivity index (χ0v) is 16.3. The van der Waals surface area contributed by atoms with E-state index in [0.717, 1.165) is 16.7 Å². The summed E-state index contributed by atoms with van der Waals surface area (Å²) in [6, 6.07) is 25.9. The van der Waals surface area contributed by atoms with Gasteiger partial charge in [-0.2, -0.15) is 0 Å². The van der Waals surface area contributed by atoms with Crippen LogP contribution in [0.4, 0.5) is 0 Å². The van der Waals surface area contributed by atoms with Crippen molar-refractivity contribution in [1.29, 1.82) is 0 Å². The van der Waals surface area contributed by atoms with Crippen LogP contribution in [0.2, 0.25) is 10.0 Å². The lowest BCUT2D eigenvalue weighted by molar-refractivity contribution is 0.736. The van der Waals surface area contributed by atoms with E-state index in [1.54, 1.807) is 6.07 Å². The molecule has 0 aliphatic rings. The maximum atomic E-state index is 6.22. The normalized spacial score (nSPS) is 10.6. The summed E-state index contributed by atoms with van der Waals surface area (Å²) >= 11 is 17.7. The minimum atomic E-state index is -0.0295. The van der Waals surface area contributed by atoms with Gasteiger partial charge < -0.3 is 10.6 Å². The molecule has 3 aromatic rings. The van der Waals surface area contributed by atoms with E-state index in [4.69, 9.17) is 35.4 Å². The summed E-state index contributed by atoms with van der Waals surface area (Å²) in [5.41, 5.74) is 3.23. The average molecular weight is 401 g/mol. The summed E-state index contributed by atoms with van der Waals surface area (Å²) in [5.74, 6) is 0. The van der Waals surface area contributed by atoms with Crippen molar-refractivity contribution in [2.75, 3.05) is 0 Å². The SMILES string of the molecule is S=C(NCc1ccc(Cl)cc1Cl)NC(c1ccccc1)c1ccccc1. The summed E-state index contributed by atoms with van der Waals surface area (Å²) in [4.78, 5) is 0. The zero-order chi connectivity index (χ0) is 18.4. The number of rotatable bonds is 5. The molecule has 2 N–H and O–H groups in total. The summed E-state index contributed by atoms with van der Waals surface area (Å²) in [5, 5.41) is 8.43. The molecule has 2 nitrogen and oxygen atoms in total. The fraction of sp³-hybridized carbons (Fsp3) is 0.0952. The Balaban J connectivity index is 1.71. The van der Waals surface area contributed by atoms with Gasteiger partial charge in [0, 0.05) is 16.6 Å². The van der Waals surface area contributed by atoms with E-state index < -0.39 is 0 Å². The van der Waals surface area contributed by atoms with Gasteiger partial charge >= 0.3 is 0 Å². The molecule has 0 atom stereocenters. The minimum Gasteiger partial charge on any atom is -0.359 e. The van der Waals surface area contributed by atoms with E-state index in [2.05, 4.69) is 34.9 Å². The first-order valence-electron chi connectivity index (χ1n) is 8.21. The van der Waals surface area contributed by atoms with E-state index in [1.165, 1.54) is 0 Å². The van der Waals surface area contributed by atoms with Gasteiger partial charge in [-0.05, 0) is 41.0 Å². The van der Waals surface area contributed by atoms with Gasteiger partial charge in [-0.3, -0.25) is 0 Å². The summed E-state index contributed by atoms with van der Waals surface area (Å²) in [6.45, 7) is 0.526. The standard InChI is InChI=1S/C21H18Cl2N2S/c22-18-12-11-17(19(23)13-18)14-24-21(26)25-20(15-7-3-1-4-8-15)16-9-5-2-6-10-16/h1-13,20H,14H2,(H2,24,25,26). The molecule has 132 valence electrons. The Bertz CT molecular complexity index is 830. The molecular weight excluding hydrogens is 383 g/mol. The molecule has 3 aromatic carbocycles. The summed E-state index contributed by atoms with van der Waals surface area (Å²) in [7, 11) is 0. The Morgan fingerprint density at radius 3 is 1.96 bits per heavy atom. The molecule has 0 amide bonds. The van der Waals surface area contributed by atoms with Gasteiger partial charge in [-0.25, -0.2) is 0 Å². The Morgan fingerprint density at radius 2 is 1.42 bits per heavy atom. The molecule has 0 heterocycles. The van der Waals surface area contributed by atoms with Crippen molar-refractivity contribution in [1.82, 2.24) is 10.6 Å². The highest BCUT2D eigenvalue weighted by atomic mass is 35.5.